The van der Waals surface area contributed by atoms with E-state index in [-0.39, 0.29) is 70.0 Å². The molecule has 3 rings (SSSR count). The van der Waals surface area contributed by atoms with Crippen LogP contribution in [0.1, 0.15) is 26.6 Å². The number of pyridine rings is 1. The summed E-state index contributed by atoms with van der Waals surface area (Å²) in [5, 5.41) is 11.5. The number of hydrogen-bond acceptors (Lipinski definition) is 9. The zero-order valence-electron chi connectivity index (χ0n) is 20.6. The minimum absolute atomic E-state index is 0.0239. The lowest BCUT2D eigenvalue weighted by Crippen LogP contribution is -2.29. The highest BCUT2D eigenvalue weighted by molar-refractivity contribution is 6.12. The summed E-state index contributed by atoms with van der Waals surface area (Å²) in [5.41, 5.74) is 12.1. The van der Waals surface area contributed by atoms with Crippen molar-refractivity contribution in [1.29, 1.82) is 5.41 Å². The van der Waals surface area contributed by atoms with E-state index in [4.69, 9.17) is 21.0 Å². The maximum atomic E-state index is 14.6. The van der Waals surface area contributed by atoms with Gasteiger partial charge in [0.1, 0.15) is 23.0 Å². The number of nitrogens with one attached hydrogen (secondary N) is 2. The van der Waals surface area contributed by atoms with Crippen molar-refractivity contribution >= 4 is 34.9 Å². The number of carbonyl (C=O) groups excluding carboxylic acids is 1. The van der Waals surface area contributed by atoms with E-state index in [1.54, 1.807) is 12.1 Å². The number of nitrogens with two attached hydrogens (primary N) is 2. The number of halogens is 1. The van der Waals surface area contributed by atoms with Crippen molar-refractivity contribution in [2.75, 3.05) is 35.8 Å². The lowest BCUT2D eigenvalue weighted by Gasteiger charge is -2.19. The van der Waals surface area contributed by atoms with E-state index in [0.29, 0.717) is 0 Å². The van der Waals surface area contributed by atoms with E-state index in [9.17, 15) is 9.18 Å². The first-order valence-electron chi connectivity index (χ1n) is 10.8. The van der Waals surface area contributed by atoms with E-state index >= 15 is 0 Å². The number of methoxy groups -OCH3 is 1. The molecule has 32 heavy (non-hydrogen) atoms. The molecule has 0 saturated heterocycles. The van der Waals surface area contributed by atoms with Crippen LogP contribution in [0.5, 0.6) is 0 Å². The van der Waals surface area contributed by atoms with Gasteiger partial charge in [0.15, 0.2) is 17.5 Å². The van der Waals surface area contributed by atoms with Crippen LogP contribution >= 0.6 is 0 Å². The Labute approximate surface area is 188 Å². The van der Waals surface area contributed by atoms with Crippen molar-refractivity contribution in [3.63, 3.8) is 0 Å². The predicted octanol–water partition coefficient (Wildman–Crippen LogP) is 2.71. The molecule has 0 saturated carbocycles. The fraction of sp³-hybridized carbons (Fsp3) is 0.190. The highest BCUT2D eigenvalue weighted by atomic mass is 19.1. The maximum absolute atomic E-state index is 14.6. The van der Waals surface area contributed by atoms with Gasteiger partial charge in [-0.05, 0) is 25.1 Å². The fourth-order valence-corrected chi connectivity index (χ4v) is 2.87. The molecule has 2 heterocycles. The molecule has 0 atom stereocenters. The van der Waals surface area contributed by atoms with Crippen LogP contribution in [0.4, 0.5) is 32.3 Å². The van der Waals surface area contributed by atoms with Gasteiger partial charge in [-0.15, -0.1) is 0 Å². The van der Waals surface area contributed by atoms with Gasteiger partial charge in [0.2, 0.25) is 0 Å². The van der Waals surface area contributed by atoms with Crippen LogP contribution in [0.3, 0.4) is 0 Å². The number of rotatable bonds is 6. The summed E-state index contributed by atoms with van der Waals surface area (Å²) in [6, 6.07) is 1.98. The summed E-state index contributed by atoms with van der Waals surface area (Å²) in [6.07, 6.45) is 0.711. The average molecular weight is 441 g/mol. The van der Waals surface area contributed by atoms with Crippen molar-refractivity contribution in [2.45, 2.75) is 13.5 Å². The van der Waals surface area contributed by atoms with Crippen LogP contribution in [0.25, 0.3) is 0 Å². The highest BCUT2D eigenvalue weighted by Crippen LogP contribution is 2.28. The smallest absolute Gasteiger partial charge is 0.413 e. The molecule has 10 nitrogen and oxygen atoms in total. The molecule has 1 amide bonds. The van der Waals surface area contributed by atoms with Crippen molar-refractivity contribution in [1.82, 2.24) is 15.0 Å². The Morgan fingerprint density at radius 3 is 2.69 bits per heavy atom. The van der Waals surface area contributed by atoms with Crippen LogP contribution < -0.4 is 21.7 Å². The van der Waals surface area contributed by atoms with Gasteiger partial charge in [0.25, 0.3) is 0 Å². The number of nitrogens with zero attached hydrogens (tertiary/aromatic N) is 4. The largest absolute Gasteiger partial charge is 0.452 e. The van der Waals surface area contributed by atoms with Crippen LogP contribution in [-0.4, -0.2) is 40.9 Å². The molecular formula is C21H23FN8O2. The number of hydrogen-bond donors (Lipinski definition) is 4. The molecular weight excluding hydrogens is 415 g/mol. The molecule has 166 valence electrons. The standard InChI is InChI=1S/C21H23FN8O2/c1-11-6-7-14(22)12(9-11)10-27-19-13(5-4-8-26-19)15(23)20-28-17(24)16(18(25)29-20)30(2)21(31)32-3/h4-9,23H,10H2,1-3H3,(H,26,27)(H4,24,25,28,29)/i6D,7D,9D. The molecule has 6 N–H and O–H groups in total. The normalized spacial score (nSPS) is 11.8. The Morgan fingerprint density at radius 2 is 2.03 bits per heavy atom. The molecule has 0 aliphatic rings. The van der Waals surface area contributed by atoms with E-state index in [0.717, 1.165) is 4.90 Å². The SMILES string of the molecule is [2H]c1c([2H])c(F)c(CNc2ncccc2C(=N)c2nc(N)c(N(C)C(=O)OC)c(N)n2)c([2H])c1C. The number of anilines is 4. The monoisotopic (exact) mass is 441 g/mol. The Hall–Kier alpha value is -4.28. The molecule has 0 spiro atoms. The molecule has 0 aliphatic heterocycles. The van der Waals surface area contributed by atoms with Crippen LogP contribution in [0.15, 0.2) is 36.5 Å². The number of carbonyl (C=O) groups is 1. The molecule has 11 heteroatoms. The van der Waals surface area contributed by atoms with E-state index in [1.807, 2.05) is 0 Å². The van der Waals surface area contributed by atoms with Crippen molar-refractivity contribution < 1.29 is 18.0 Å². The molecule has 0 radical (unpaired) electrons. The van der Waals surface area contributed by atoms with Gasteiger partial charge in [-0.1, -0.05) is 17.6 Å². The zero-order chi connectivity index (χ0) is 26.0. The molecule has 1 aromatic carbocycles. The second-order valence-electron chi connectivity index (χ2n) is 6.62. The molecule has 0 aliphatic carbocycles. The summed E-state index contributed by atoms with van der Waals surface area (Å²) < 4.78 is 42.9. The van der Waals surface area contributed by atoms with Gasteiger partial charge >= 0.3 is 6.09 Å². The second kappa shape index (κ2) is 9.25. The Kier molecular flexibility index (Phi) is 5.34. The summed E-state index contributed by atoms with van der Waals surface area (Å²) >= 11 is 0. The predicted molar refractivity (Wildman–Crippen MR) is 120 cm³/mol. The minimum atomic E-state index is -0.972. The summed E-state index contributed by atoms with van der Waals surface area (Å²) in [4.78, 5) is 25.2. The molecule has 0 unspecified atom stereocenters. The second-order valence-corrected chi connectivity index (χ2v) is 6.62. The van der Waals surface area contributed by atoms with E-state index in [1.165, 1.54) is 27.3 Å². The van der Waals surface area contributed by atoms with Gasteiger partial charge in [-0.3, -0.25) is 10.3 Å². The van der Waals surface area contributed by atoms with Gasteiger partial charge in [-0.25, -0.2) is 24.1 Å². The van der Waals surface area contributed by atoms with Gasteiger partial charge < -0.3 is 21.5 Å². The minimum Gasteiger partial charge on any atom is -0.452 e. The number of nitrogen functional groups attached to an aromatic ring is 2. The molecule has 0 fully saturated rings. The fourth-order valence-electron chi connectivity index (χ4n) is 2.87. The first kappa shape index (κ1) is 18.5. The molecule has 3 aromatic rings. The van der Waals surface area contributed by atoms with Crippen LogP contribution in [0.2, 0.25) is 0 Å². The number of ether oxygens (including phenoxy) is 1. The third-order valence-electron chi connectivity index (χ3n) is 4.42. The lowest BCUT2D eigenvalue weighted by molar-refractivity contribution is 0.180. The summed E-state index contributed by atoms with van der Waals surface area (Å²) in [5.74, 6) is -1.27. The number of amides is 1. The topological polar surface area (TPSA) is 156 Å². The molecule has 2 aromatic heterocycles. The zero-order valence-corrected chi connectivity index (χ0v) is 17.6. The third-order valence-corrected chi connectivity index (χ3v) is 4.42. The van der Waals surface area contributed by atoms with Crippen molar-refractivity contribution in [3.8, 4) is 0 Å². The van der Waals surface area contributed by atoms with Crippen molar-refractivity contribution in [3.05, 3.63) is 64.8 Å². The first-order valence-corrected chi connectivity index (χ1v) is 9.27. The average Bonchev–Trinajstić information content (AvgIpc) is 2.84. The van der Waals surface area contributed by atoms with E-state index < -0.39 is 18.0 Å². The quantitative estimate of drug-likeness (QED) is 0.425. The summed E-state index contributed by atoms with van der Waals surface area (Å²) in [7, 11) is 2.57. The maximum Gasteiger partial charge on any atom is 0.413 e. The van der Waals surface area contributed by atoms with Crippen molar-refractivity contribution in [2.24, 2.45) is 0 Å². The Bertz CT molecular complexity index is 1290. The van der Waals surface area contributed by atoms with Crippen LogP contribution in [0, 0.1) is 18.2 Å². The molecule has 0 bridgehead atoms. The number of aromatic nitrogens is 3. The van der Waals surface area contributed by atoms with Gasteiger partial charge in [0.05, 0.1) is 11.2 Å². The van der Waals surface area contributed by atoms with E-state index in [2.05, 4.69) is 25.0 Å². The number of benzene rings is 1. The summed E-state index contributed by atoms with van der Waals surface area (Å²) in [6.45, 7) is 1.25. The highest BCUT2D eigenvalue weighted by Gasteiger charge is 2.22. The Balaban J connectivity index is 1.95. The lowest BCUT2D eigenvalue weighted by atomic mass is 10.1. The Morgan fingerprint density at radius 1 is 1.34 bits per heavy atom. The van der Waals surface area contributed by atoms with Crippen LogP contribution in [-0.2, 0) is 11.3 Å². The first-order chi connectivity index (χ1) is 16.5. The third kappa shape index (κ3) is 4.56. The van der Waals surface area contributed by atoms with Gasteiger partial charge in [0, 0.05) is 30.9 Å². The van der Waals surface area contributed by atoms with Gasteiger partial charge in [-0.2, -0.15) is 0 Å².